The van der Waals surface area contributed by atoms with Crippen LogP contribution >= 0.6 is 23.2 Å². The van der Waals surface area contributed by atoms with E-state index in [9.17, 15) is 13.2 Å². The Morgan fingerprint density at radius 1 is 0.778 bits per heavy atom. The van der Waals surface area contributed by atoms with Gasteiger partial charge in [0.2, 0.25) is 0 Å². The van der Waals surface area contributed by atoms with Crippen LogP contribution in [0.5, 0.6) is 0 Å². The lowest BCUT2D eigenvalue weighted by Crippen LogP contribution is -2.04. The van der Waals surface area contributed by atoms with Gasteiger partial charge in [0.15, 0.2) is 0 Å². The summed E-state index contributed by atoms with van der Waals surface area (Å²) in [5.74, 6) is 0. The van der Waals surface area contributed by atoms with Gasteiger partial charge in [-0.2, -0.15) is 13.2 Å². The van der Waals surface area contributed by atoms with Gasteiger partial charge in [-0.25, -0.2) is 0 Å². The van der Waals surface area contributed by atoms with Gasteiger partial charge in [0.1, 0.15) is 0 Å². The number of rotatable bonds is 1. The number of benzene rings is 2. The second kappa shape index (κ2) is 4.82. The topological polar surface area (TPSA) is 0 Å². The smallest absolute Gasteiger partial charge is 0.166 e. The molecule has 2 aromatic carbocycles. The van der Waals surface area contributed by atoms with Crippen molar-refractivity contribution in [1.29, 1.82) is 0 Å². The van der Waals surface area contributed by atoms with E-state index in [-0.39, 0.29) is 0 Å². The monoisotopic (exact) mass is 290 g/mol. The van der Waals surface area contributed by atoms with E-state index in [4.69, 9.17) is 23.2 Å². The zero-order valence-electron chi connectivity index (χ0n) is 8.93. The van der Waals surface area contributed by atoms with E-state index in [2.05, 4.69) is 0 Å². The molecule has 0 saturated carbocycles. The average molecular weight is 291 g/mol. The third-order valence-corrected chi connectivity index (χ3v) is 3.09. The molecule has 94 valence electrons. The van der Waals surface area contributed by atoms with Crippen molar-refractivity contribution < 1.29 is 13.2 Å². The number of hydrogen-bond acceptors (Lipinski definition) is 0. The largest absolute Gasteiger partial charge is 0.416 e. The molecule has 0 fully saturated rings. The van der Waals surface area contributed by atoms with Crippen molar-refractivity contribution in [3.63, 3.8) is 0 Å². The fourth-order valence-corrected chi connectivity index (χ4v) is 2.22. The molecule has 2 aromatic rings. The molecule has 18 heavy (non-hydrogen) atoms. The van der Waals surface area contributed by atoms with Crippen molar-refractivity contribution in [2.75, 3.05) is 0 Å². The van der Waals surface area contributed by atoms with E-state index in [1.165, 1.54) is 12.1 Å². The molecule has 0 spiro atoms. The van der Waals surface area contributed by atoms with E-state index in [1.807, 2.05) is 0 Å². The van der Waals surface area contributed by atoms with Crippen molar-refractivity contribution in [3.05, 3.63) is 58.1 Å². The SMILES string of the molecule is FC(F)(F)c1ccc(-c2c(Cl)cccc2Cl)cc1. The van der Waals surface area contributed by atoms with Gasteiger partial charge in [-0.1, -0.05) is 41.4 Å². The standard InChI is InChI=1S/C13H7Cl2F3/c14-10-2-1-3-11(15)12(10)8-4-6-9(7-5-8)13(16,17)18/h1-7H. The van der Waals surface area contributed by atoms with Crippen LogP contribution in [0.2, 0.25) is 10.0 Å². The normalized spacial score (nSPS) is 11.6. The molecule has 0 heterocycles. The molecule has 0 bridgehead atoms. The van der Waals surface area contributed by atoms with E-state index in [1.54, 1.807) is 18.2 Å². The van der Waals surface area contributed by atoms with Crippen LogP contribution in [-0.4, -0.2) is 0 Å². The zero-order chi connectivity index (χ0) is 13.3. The summed E-state index contributed by atoms with van der Waals surface area (Å²) >= 11 is 12.0. The van der Waals surface area contributed by atoms with Gasteiger partial charge in [0.25, 0.3) is 0 Å². The molecule has 5 heteroatoms. The van der Waals surface area contributed by atoms with Gasteiger partial charge >= 0.3 is 6.18 Å². The van der Waals surface area contributed by atoms with Gasteiger partial charge in [-0.05, 0) is 29.8 Å². The number of hydrogen-bond donors (Lipinski definition) is 0. The molecule has 0 saturated heterocycles. The summed E-state index contributed by atoms with van der Waals surface area (Å²) in [4.78, 5) is 0. The molecule has 2 rings (SSSR count). The second-order valence-corrected chi connectivity index (χ2v) is 4.49. The highest BCUT2D eigenvalue weighted by Crippen LogP contribution is 2.36. The van der Waals surface area contributed by atoms with E-state index >= 15 is 0 Å². The summed E-state index contributed by atoms with van der Waals surface area (Å²) in [5.41, 5.74) is 0.391. The summed E-state index contributed by atoms with van der Waals surface area (Å²) in [6, 6.07) is 9.69. The first-order chi connectivity index (χ1) is 8.39. The minimum Gasteiger partial charge on any atom is -0.166 e. The quantitative estimate of drug-likeness (QED) is 0.634. The lowest BCUT2D eigenvalue weighted by Gasteiger charge is -2.10. The Kier molecular flexibility index (Phi) is 3.55. The van der Waals surface area contributed by atoms with Crippen LogP contribution in [-0.2, 0) is 6.18 Å². The molecule has 0 N–H and O–H groups in total. The molecule has 0 atom stereocenters. The Morgan fingerprint density at radius 3 is 1.72 bits per heavy atom. The Hall–Kier alpha value is -1.19. The summed E-state index contributed by atoms with van der Waals surface area (Å²) in [6.07, 6.45) is -4.34. The Balaban J connectivity index is 2.47. The summed E-state index contributed by atoms with van der Waals surface area (Å²) in [5, 5.41) is 0.810. The maximum atomic E-state index is 12.4. The van der Waals surface area contributed by atoms with Gasteiger partial charge in [0.05, 0.1) is 5.56 Å². The van der Waals surface area contributed by atoms with Crippen LogP contribution in [0.1, 0.15) is 5.56 Å². The van der Waals surface area contributed by atoms with Crippen molar-refractivity contribution in [2.45, 2.75) is 6.18 Å². The van der Waals surface area contributed by atoms with Crippen molar-refractivity contribution in [3.8, 4) is 11.1 Å². The summed E-state index contributed by atoms with van der Waals surface area (Å²) in [6.45, 7) is 0. The molecule has 0 aromatic heterocycles. The molecule has 0 nitrogen and oxygen atoms in total. The fourth-order valence-electron chi connectivity index (χ4n) is 1.60. The van der Waals surface area contributed by atoms with Crippen LogP contribution in [0.15, 0.2) is 42.5 Å². The Labute approximate surface area is 112 Å². The minimum absolute atomic E-state index is 0.405. The predicted molar refractivity (Wildman–Crippen MR) is 66.9 cm³/mol. The van der Waals surface area contributed by atoms with Gasteiger partial charge in [-0.15, -0.1) is 0 Å². The van der Waals surface area contributed by atoms with Crippen LogP contribution in [0.25, 0.3) is 11.1 Å². The second-order valence-electron chi connectivity index (χ2n) is 3.67. The highest BCUT2D eigenvalue weighted by molar-refractivity contribution is 6.39. The molecule has 0 unspecified atom stereocenters. The first-order valence-corrected chi connectivity index (χ1v) is 5.77. The van der Waals surface area contributed by atoms with E-state index in [0.717, 1.165) is 12.1 Å². The lowest BCUT2D eigenvalue weighted by molar-refractivity contribution is -0.137. The molecule has 0 aliphatic carbocycles. The van der Waals surface area contributed by atoms with Crippen LogP contribution in [0.3, 0.4) is 0 Å². The highest BCUT2D eigenvalue weighted by Gasteiger charge is 2.30. The fraction of sp³-hybridized carbons (Fsp3) is 0.0769. The maximum Gasteiger partial charge on any atom is 0.416 e. The molecule has 0 aliphatic rings. The third-order valence-electron chi connectivity index (χ3n) is 2.46. The first kappa shape index (κ1) is 13.2. The van der Waals surface area contributed by atoms with Crippen molar-refractivity contribution in [2.24, 2.45) is 0 Å². The number of alkyl halides is 3. The van der Waals surface area contributed by atoms with Crippen LogP contribution < -0.4 is 0 Å². The number of halogens is 5. The summed E-state index contributed by atoms with van der Waals surface area (Å²) < 4.78 is 37.3. The van der Waals surface area contributed by atoms with Gasteiger partial charge in [0, 0.05) is 15.6 Å². The molecule has 0 radical (unpaired) electrons. The summed E-state index contributed by atoms with van der Waals surface area (Å²) in [7, 11) is 0. The molecule has 0 aliphatic heterocycles. The first-order valence-electron chi connectivity index (χ1n) is 5.01. The van der Waals surface area contributed by atoms with Crippen LogP contribution in [0.4, 0.5) is 13.2 Å². The van der Waals surface area contributed by atoms with Crippen molar-refractivity contribution >= 4 is 23.2 Å². The maximum absolute atomic E-state index is 12.4. The Bertz CT molecular complexity index is 539. The third kappa shape index (κ3) is 2.62. The zero-order valence-corrected chi connectivity index (χ0v) is 10.4. The van der Waals surface area contributed by atoms with Gasteiger partial charge in [-0.3, -0.25) is 0 Å². The van der Waals surface area contributed by atoms with E-state index in [0.29, 0.717) is 21.2 Å². The van der Waals surface area contributed by atoms with Crippen LogP contribution in [0, 0.1) is 0 Å². The molecular formula is C13H7Cl2F3. The highest BCUT2D eigenvalue weighted by atomic mass is 35.5. The lowest BCUT2D eigenvalue weighted by atomic mass is 10.0. The van der Waals surface area contributed by atoms with Crippen molar-refractivity contribution in [1.82, 2.24) is 0 Å². The minimum atomic E-state index is -4.34. The van der Waals surface area contributed by atoms with E-state index < -0.39 is 11.7 Å². The average Bonchev–Trinajstić information content (AvgIpc) is 2.28. The Morgan fingerprint density at radius 2 is 1.28 bits per heavy atom. The molecule has 0 amide bonds. The predicted octanol–water partition coefficient (Wildman–Crippen LogP) is 5.68. The van der Waals surface area contributed by atoms with Gasteiger partial charge < -0.3 is 0 Å². The molecular weight excluding hydrogens is 284 g/mol.